The zero-order chi connectivity index (χ0) is 17.6. The third-order valence-corrected chi connectivity index (χ3v) is 5.26. The van der Waals surface area contributed by atoms with Gasteiger partial charge in [0.05, 0.1) is 0 Å². The summed E-state index contributed by atoms with van der Waals surface area (Å²) in [6, 6.07) is 9.18. The van der Waals surface area contributed by atoms with Crippen LogP contribution < -0.4 is 10.1 Å². The SMILES string of the molecule is CC(NC1CCC(CO)CC1)c1ccc(OCc2nccn2C)cc1. The van der Waals surface area contributed by atoms with E-state index in [4.69, 9.17) is 4.74 Å². The summed E-state index contributed by atoms with van der Waals surface area (Å²) in [5, 5.41) is 13.0. The van der Waals surface area contributed by atoms with Crippen LogP contribution in [0.4, 0.5) is 0 Å². The summed E-state index contributed by atoms with van der Waals surface area (Å²) >= 11 is 0. The number of aliphatic hydroxyl groups excluding tert-OH is 1. The summed E-state index contributed by atoms with van der Waals surface area (Å²) in [5.41, 5.74) is 1.27. The zero-order valence-corrected chi connectivity index (χ0v) is 15.2. The molecule has 5 heteroatoms. The fraction of sp³-hybridized carbons (Fsp3) is 0.550. The predicted octanol–water partition coefficient (Wildman–Crippen LogP) is 3.20. The highest BCUT2D eigenvalue weighted by Gasteiger charge is 2.21. The number of rotatable bonds is 7. The summed E-state index contributed by atoms with van der Waals surface area (Å²) in [7, 11) is 1.97. The average Bonchev–Trinajstić information content (AvgIpc) is 3.06. The van der Waals surface area contributed by atoms with Crippen LogP contribution in [0.2, 0.25) is 0 Å². The van der Waals surface area contributed by atoms with Gasteiger partial charge in [0, 0.05) is 38.1 Å². The van der Waals surface area contributed by atoms with Crippen molar-refractivity contribution in [1.29, 1.82) is 0 Å². The highest BCUT2D eigenvalue weighted by molar-refractivity contribution is 5.29. The number of nitrogens with one attached hydrogen (secondary N) is 1. The van der Waals surface area contributed by atoms with Crippen LogP contribution >= 0.6 is 0 Å². The molecule has 2 N–H and O–H groups in total. The Hall–Kier alpha value is -1.85. The Balaban J connectivity index is 1.49. The molecule has 1 atom stereocenters. The first-order chi connectivity index (χ1) is 12.2. The van der Waals surface area contributed by atoms with Crippen molar-refractivity contribution in [3.8, 4) is 5.75 Å². The van der Waals surface area contributed by atoms with Crippen molar-refractivity contribution < 1.29 is 9.84 Å². The normalized spacial score (nSPS) is 21.9. The van der Waals surface area contributed by atoms with Gasteiger partial charge in [-0.05, 0) is 56.2 Å². The minimum absolute atomic E-state index is 0.319. The Morgan fingerprint density at radius 3 is 2.56 bits per heavy atom. The van der Waals surface area contributed by atoms with Gasteiger partial charge in [0.15, 0.2) is 0 Å². The quantitative estimate of drug-likeness (QED) is 0.810. The number of hydrogen-bond acceptors (Lipinski definition) is 4. The molecule has 1 unspecified atom stereocenters. The van der Waals surface area contributed by atoms with E-state index < -0.39 is 0 Å². The minimum atomic E-state index is 0.319. The molecule has 2 aromatic rings. The molecule has 1 heterocycles. The Kier molecular flexibility index (Phi) is 6.10. The first-order valence-electron chi connectivity index (χ1n) is 9.21. The third-order valence-electron chi connectivity index (χ3n) is 5.26. The van der Waals surface area contributed by atoms with Crippen molar-refractivity contribution >= 4 is 0 Å². The van der Waals surface area contributed by atoms with Crippen molar-refractivity contribution in [3.05, 3.63) is 48.0 Å². The van der Waals surface area contributed by atoms with E-state index in [-0.39, 0.29) is 0 Å². The molecule has 0 amide bonds. The van der Waals surface area contributed by atoms with Crippen molar-refractivity contribution in [1.82, 2.24) is 14.9 Å². The molecule has 1 aromatic heterocycles. The fourth-order valence-electron chi connectivity index (χ4n) is 3.50. The molecule has 1 aromatic carbocycles. The van der Waals surface area contributed by atoms with Crippen molar-refractivity contribution in [2.24, 2.45) is 13.0 Å². The highest BCUT2D eigenvalue weighted by atomic mass is 16.5. The molecule has 1 saturated carbocycles. The molecule has 0 bridgehead atoms. The Morgan fingerprint density at radius 2 is 1.96 bits per heavy atom. The largest absolute Gasteiger partial charge is 0.486 e. The first kappa shape index (κ1) is 18.0. The van der Waals surface area contributed by atoms with Crippen LogP contribution in [0, 0.1) is 5.92 Å². The Bertz CT molecular complexity index is 645. The van der Waals surface area contributed by atoms with Gasteiger partial charge in [-0.3, -0.25) is 0 Å². The Labute approximate surface area is 150 Å². The van der Waals surface area contributed by atoms with Crippen LogP contribution in [0.1, 0.15) is 50.0 Å². The lowest BCUT2D eigenvalue weighted by Crippen LogP contribution is -2.35. The van der Waals surface area contributed by atoms with E-state index in [0.29, 0.717) is 31.2 Å². The van der Waals surface area contributed by atoms with E-state index in [1.807, 2.05) is 29.9 Å². The second kappa shape index (κ2) is 8.50. The van der Waals surface area contributed by atoms with Gasteiger partial charge in [-0.2, -0.15) is 0 Å². The maximum atomic E-state index is 9.24. The number of benzene rings is 1. The van der Waals surface area contributed by atoms with Crippen molar-refractivity contribution in [3.63, 3.8) is 0 Å². The van der Waals surface area contributed by atoms with Gasteiger partial charge >= 0.3 is 0 Å². The molecule has 1 aliphatic carbocycles. The van der Waals surface area contributed by atoms with Crippen molar-refractivity contribution in [2.45, 2.75) is 51.3 Å². The first-order valence-corrected chi connectivity index (χ1v) is 9.21. The number of aryl methyl sites for hydroxylation is 1. The molecule has 3 rings (SSSR count). The molecule has 0 saturated heterocycles. The van der Waals surface area contributed by atoms with Gasteiger partial charge < -0.3 is 19.7 Å². The lowest BCUT2D eigenvalue weighted by Gasteiger charge is -2.30. The van der Waals surface area contributed by atoms with Gasteiger partial charge in [0.25, 0.3) is 0 Å². The van der Waals surface area contributed by atoms with Crippen LogP contribution in [0.3, 0.4) is 0 Å². The van der Waals surface area contributed by atoms with E-state index in [2.05, 4.69) is 29.4 Å². The topological polar surface area (TPSA) is 59.3 Å². The lowest BCUT2D eigenvalue weighted by molar-refractivity contribution is 0.172. The standard InChI is InChI=1S/C20H29N3O2/c1-15(22-18-7-3-16(13-24)4-8-18)17-5-9-19(10-6-17)25-14-20-21-11-12-23(20)2/h5-6,9-12,15-16,18,22,24H,3-4,7-8,13-14H2,1-2H3. The molecule has 1 fully saturated rings. The van der Waals surface area contributed by atoms with E-state index in [0.717, 1.165) is 37.3 Å². The molecule has 0 aliphatic heterocycles. The van der Waals surface area contributed by atoms with Gasteiger partial charge in [0.1, 0.15) is 18.2 Å². The van der Waals surface area contributed by atoms with Crippen LogP contribution in [0.25, 0.3) is 0 Å². The molecule has 0 radical (unpaired) electrons. The molecular weight excluding hydrogens is 314 g/mol. The van der Waals surface area contributed by atoms with Crippen LogP contribution in [0.5, 0.6) is 5.75 Å². The Morgan fingerprint density at radius 1 is 1.24 bits per heavy atom. The summed E-state index contributed by atoms with van der Waals surface area (Å²) in [6.07, 6.45) is 8.26. The molecular formula is C20H29N3O2. The third kappa shape index (κ3) is 4.83. The van der Waals surface area contributed by atoms with E-state index >= 15 is 0 Å². The van der Waals surface area contributed by atoms with Crippen LogP contribution in [-0.2, 0) is 13.7 Å². The summed E-state index contributed by atoms with van der Waals surface area (Å²) in [4.78, 5) is 4.27. The maximum absolute atomic E-state index is 9.24. The lowest BCUT2D eigenvalue weighted by atomic mass is 9.86. The van der Waals surface area contributed by atoms with Gasteiger partial charge in [-0.15, -0.1) is 0 Å². The number of imidazole rings is 1. The number of ether oxygens (including phenoxy) is 1. The summed E-state index contributed by atoms with van der Waals surface area (Å²) in [5.74, 6) is 2.28. The number of aromatic nitrogens is 2. The highest BCUT2D eigenvalue weighted by Crippen LogP contribution is 2.26. The van der Waals surface area contributed by atoms with Crippen LogP contribution in [-0.4, -0.2) is 27.3 Å². The van der Waals surface area contributed by atoms with E-state index in [1.54, 1.807) is 6.20 Å². The minimum Gasteiger partial charge on any atom is -0.486 e. The zero-order valence-electron chi connectivity index (χ0n) is 15.2. The maximum Gasteiger partial charge on any atom is 0.146 e. The van der Waals surface area contributed by atoms with E-state index in [1.165, 1.54) is 5.56 Å². The second-order valence-corrected chi connectivity index (χ2v) is 7.10. The molecule has 0 spiro atoms. The molecule has 5 nitrogen and oxygen atoms in total. The second-order valence-electron chi connectivity index (χ2n) is 7.10. The smallest absolute Gasteiger partial charge is 0.146 e. The average molecular weight is 343 g/mol. The van der Waals surface area contributed by atoms with E-state index in [9.17, 15) is 5.11 Å². The summed E-state index contributed by atoms with van der Waals surface area (Å²) in [6.45, 7) is 3.02. The number of hydrogen-bond donors (Lipinski definition) is 2. The monoisotopic (exact) mass is 343 g/mol. The summed E-state index contributed by atoms with van der Waals surface area (Å²) < 4.78 is 7.78. The number of nitrogens with zero attached hydrogens (tertiary/aromatic N) is 2. The molecule has 25 heavy (non-hydrogen) atoms. The molecule has 1 aliphatic rings. The van der Waals surface area contributed by atoms with Crippen LogP contribution in [0.15, 0.2) is 36.7 Å². The fourth-order valence-corrected chi connectivity index (χ4v) is 3.50. The molecule has 136 valence electrons. The van der Waals surface area contributed by atoms with Gasteiger partial charge in [0.2, 0.25) is 0 Å². The van der Waals surface area contributed by atoms with Gasteiger partial charge in [-0.25, -0.2) is 4.98 Å². The van der Waals surface area contributed by atoms with Crippen molar-refractivity contribution in [2.75, 3.05) is 6.61 Å². The van der Waals surface area contributed by atoms with Gasteiger partial charge in [-0.1, -0.05) is 12.1 Å². The number of aliphatic hydroxyl groups is 1. The predicted molar refractivity (Wildman–Crippen MR) is 98.4 cm³/mol.